The van der Waals surface area contributed by atoms with E-state index in [0.717, 1.165) is 49.7 Å². The summed E-state index contributed by atoms with van der Waals surface area (Å²) in [6.45, 7) is 7.88. The van der Waals surface area contributed by atoms with Crippen LogP contribution in [0.1, 0.15) is 52.4 Å². The molecular formula is C25H38N3O2+. The Labute approximate surface area is 180 Å². The summed E-state index contributed by atoms with van der Waals surface area (Å²) in [7, 11) is 0. The highest BCUT2D eigenvalue weighted by atomic mass is 16.5. The van der Waals surface area contributed by atoms with Crippen molar-refractivity contribution in [3.8, 4) is 0 Å². The average molecular weight is 413 g/mol. The Bertz CT molecular complexity index is 721. The fourth-order valence-electron chi connectivity index (χ4n) is 7.29. The summed E-state index contributed by atoms with van der Waals surface area (Å²) in [6, 6.07) is 8.72. The Hall–Kier alpha value is -1.59. The number of benzene rings is 1. The summed E-state index contributed by atoms with van der Waals surface area (Å²) in [6.07, 6.45) is 8.61. The molecule has 3 N–H and O–H groups in total. The third kappa shape index (κ3) is 3.99. The van der Waals surface area contributed by atoms with Crippen LogP contribution in [-0.2, 0) is 9.53 Å². The number of quaternary nitrogens is 1. The number of rotatable bonds is 6. The number of nitrogens with one attached hydrogen (secondary N) is 1. The number of nitrogens with two attached hydrogens (primary N) is 1. The fraction of sp³-hybridized carbons (Fsp3) is 0.720. The minimum atomic E-state index is -0.0630. The van der Waals surface area contributed by atoms with E-state index < -0.39 is 0 Å². The monoisotopic (exact) mass is 412 g/mol. The van der Waals surface area contributed by atoms with Crippen molar-refractivity contribution in [1.82, 2.24) is 0 Å². The van der Waals surface area contributed by atoms with Gasteiger partial charge in [-0.3, -0.25) is 4.79 Å². The average Bonchev–Trinajstić information content (AvgIpc) is 2.74. The number of hydrogen-bond donors (Lipinski definition) is 2. The summed E-state index contributed by atoms with van der Waals surface area (Å²) < 4.78 is 5.43. The van der Waals surface area contributed by atoms with Gasteiger partial charge < -0.3 is 20.3 Å². The van der Waals surface area contributed by atoms with Gasteiger partial charge in [0.05, 0.1) is 19.3 Å². The molecule has 30 heavy (non-hydrogen) atoms. The molecule has 1 aliphatic heterocycles. The molecule has 0 spiro atoms. The van der Waals surface area contributed by atoms with Crippen LogP contribution in [0.15, 0.2) is 24.3 Å². The van der Waals surface area contributed by atoms with Gasteiger partial charge in [-0.2, -0.15) is 0 Å². The lowest BCUT2D eigenvalue weighted by Gasteiger charge is -2.58. The van der Waals surface area contributed by atoms with E-state index in [9.17, 15) is 4.79 Å². The second kappa shape index (κ2) is 8.16. The van der Waals surface area contributed by atoms with Crippen LogP contribution in [-0.4, -0.2) is 44.3 Å². The number of nitrogens with zero attached hydrogens (tertiary/aromatic N) is 1. The van der Waals surface area contributed by atoms with Gasteiger partial charge in [0.25, 0.3) is 5.91 Å². The van der Waals surface area contributed by atoms with Crippen molar-refractivity contribution in [2.24, 2.45) is 23.2 Å². The number of amides is 1. The zero-order chi connectivity index (χ0) is 20.7. The Morgan fingerprint density at radius 3 is 2.17 bits per heavy atom. The molecule has 1 aromatic carbocycles. The van der Waals surface area contributed by atoms with E-state index >= 15 is 0 Å². The Morgan fingerprint density at radius 2 is 1.60 bits per heavy atom. The van der Waals surface area contributed by atoms with E-state index in [4.69, 9.17) is 4.74 Å². The number of morpholine rings is 1. The van der Waals surface area contributed by atoms with E-state index in [1.54, 1.807) is 0 Å². The van der Waals surface area contributed by atoms with Crippen LogP contribution in [0, 0.1) is 23.2 Å². The van der Waals surface area contributed by atoms with Gasteiger partial charge in [-0.15, -0.1) is 0 Å². The minimum Gasteiger partial charge on any atom is -0.378 e. The standard InChI is InChI=1S/C25H37N3O2/c1-17(26-18(2)25-14-19-11-20(15-25)13-21(12-19)16-25)24(29)27-22-3-5-23(6-4-22)28-7-9-30-10-8-28/h3-6,17-21,26H,7-16H2,1-2H3,(H,27,29)/p+1/t17-,18+,19?,20?,21?,25?/m0/s1. The number of ether oxygens (including phenoxy) is 1. The van der Waals surface area contributed by atoms with E-state index in [0.29, 0.717) is 11.5 Å². The highest BCUT2D eigenvalue weighted by Gasteiger charge is 2.54. The molecule has 5 aliphatic rings. The molecule has 1 heterocycles. The molecule has 4 bridgehead atoms. The van der Waals surface area contributed by atoms with Gasteiger partial charge in [0.1, 0.15) is 0 Å². The number of anilines is 2. The zero-order valence-corrected chi connectivity index (χ0v) is 18.6. The molecule has 1 aromatic rings. The first-order valence-electron chi connectivity index (χ1n) is 12.1. The van der Waals surface area contributed by atoms with Crippen LogP contribution in [0.4, 0.5) is 11.4 Å². The summed E-state index contributed by atoms with van der Waals surface area (Å²) in [5.74, 6) is 2.99. The van der Waals surface area contributed by atoms with E-state index in [1.807, 2.05) is 12.1 Å². The Morgan fingerprint density at radius 1 is 1.03 bits per heavy atom. The van der Waals surface area contributed by atoms with Crippen LogP contribution in [0.25, 0.3) is 0 Å². The molecule has 2 atom stereocenters. The molecule has 0 aromatic heterocycles. The quantitative estimate of drug-likeness (QED) is 0.755. The van der Waals surface area contributed by atoms with Crippen molar-refractivity contribution in [2.75, 3.05) is 36.5 Å². The van der Waals surface area contributed by atoms with Crippen molar-refractivity contribution in [3.63, 3.8) is 0 Å². The van der Waals surface area contributed by atoms with E-state index in [1.165, 1.54) is 44.2 Å². The van der Waals surface area contributed by atoms with Crippen LogP contribution in [0.2, 0.25) is 0 Å². The molecule has 5 fully saturated rings. The molecule has 1 amide bonds. The van der Waals surface area contributed by atoms with Gasteiger partial charge in [-0.25, -0.2) is 0 Å². The fourth-order valence-corrected chi connectivity index (χ4v) is 7.29. The third-order valence-electron chi connectivity index (χ3n) is 8.55. The first kappa shape index (κ1) is 20.3. The van der Waals surface area contributed by atoms with Gasteiger partial charge in [-0.1, -0.05) is 0 Å². The molecule has 4 aliphatic carbocycles. The summed E-state index contributed by atoms with van der Waals surface area (Å²) >= 11 is 0. The largest absolute Gasteiger partial charge is 0.378 e. The first-order valence-corrected chi connectivity index (χ1v) is 12.1. The summed E-state index contributed by atoms with van der Waals surface area (Å²) in [5.41, 5.74) is 2.56. The number of hydrogen-bond acceptors (Lipinski definition) is 3. The van der Waals surface area contributed by atoms with Crippen molar-refractivity contribution in [2.45, 2.75) is 64.5 Å². The molecule has 0 unspecified atom stereocenters. The van der Waals surface area contributed by atoms with Crippen LogP contribution < -0.4 is 15.5 Å². The van der Waals surface area contributed by atoms with Gasteiger partial charge in [0.15, 0.2) is 6.04 Å². The summed E-state index contributed by atoms with van der Waals surface area (Å²) in [4.78, 5) is 15.2. The van der Waals surface area contributed by atoms with E-state index in [2.05, 4.69) is 41.5 Å². The number of carbonyl (C=O) groups is 1. The lowest BCUT2D eigenvalue weighted by atomic mass is 9.48. The maximum absolute atomic E-state index is 12.9. The lowest BCUT2D eigenvalue weighted by Crippen LogP contribution is -2.98. The van der Waals surface area contributed by atoms with Crippen molar-refractivity contribution in [1.29, 1.82) is 0 Å². The second-order valence-electron chi connectivity index (χ2n) is 10.7. The number of carbonyl (C=O) groups excluding carboxylic acids is 1. The van der Waals surface area contributed by atoms with Crippen molar-refractivity contribution < 1.29 is 14.8 Å². The zero-order valence-electron chi connectivity index (χ0n) is 18.6. The van der Waals surface area contributed by atoms with Gasteiger partial charge in [0.2, 0.25) is 0 Å². The van der Waals surface area contributed by atoms with Gasteiger partial charge in [-0.05, 0) is 94.4 Å². The maximum Gasteiger partial charge on any atom is 0.282 e. The van der Waals surface area contributed by atoms with Gasteiger partial charge >= 0.3 is 0 Å². The van der Waals surface area contributed by atoms with Crippen molar-refractivity contribution in [3.05, 3.63) is 24.3 Å². The Kier molecular flexibility index (Phi) is 5.53. The third-order valence-corrected chi connectivity index (χ3v) is 8.55. The smallest absolute Gasteiger partial charge is 0.282 e. The van der Waals surface area contributed by atoms with Crippen LogP contribution in [0.5, 0.6) is 0 Å². The predicted octanol–water partition coefficient (Wildman–Crippen LogP) is 3.02. The van der Waals surface area contributed by atoms with Crippen molar-refractivity contribution >= 4 is 17.3 Å². The summed E-state index contributed by atoms with van der Waals surface area (Å²) in [5, 5.41) is 5.49. The predicted molar refractivity (Wildman–Crippen MR) is 120 cm³/mol. The van der Waals surface area contributed by atoms with Crippen LogP contribution >= 0.6 is 0 Å². The van der Waals surface area contributed by atoms with E-state index in [-0.39, 0.29) is 11.9 Å². The molecule has 6 rings (SSSR count). The van der Waals surface area contributed by atoms with Gasteiger partial charge in [0, 0.05) is 29.9 Å². The molecule has 5 nitrogen and oxygen atoms in total. The molecule has 5 heteroatoms. The second-order valence-corrected chi connectivity index (χ2v) is 10.7. The van der Waals surface area contributed by atoms with Crippen LogP contribution in [0.3, 0.4) is 0 Å². The minimum absolute atomic E-state index is 0.0630. The highest BCUT2D eigenvalue weighted by Crippen LogP contribution is 2.60. The highest BCUT2D eigenvalue weighted by molar-refractivity contribution is 5.93. The molecule has 0 radical (unpaired) electrons. The molecule has 4 saturated carbocycles. The first-order chi connectivity index (χ1) is 14.5. The molecule has 164 valence electrons. The Balaban J connectivity index is 1.16. The maximum atomic E-state index is 12.9. The molecule has 1 saturated heterocycles. The SMILES string of the molecule is C[C@H]([NH2+][C@H](C)C12CC3CC(CC(C3)C1)C2)C(=O)Nc1ccc(N2CCOCC2)cc1. The molecular weight excluding hydrogens is 374 g/mol. The lowest BCUT2D eigenvalue weighted by molar-refractivity contribution is -0.718. The normalized spacial score (nSPS) is 34.6. The topological polar surface area (TPSA) is 58.2 Å².